The zero-order valence-corrected chi connectivity index (χ0v) is 14.8. The summed E-state index contributed by atoms with van der Waals surface area (Å²) in [6, 6.07) is 4.01. The summed E-state index contributed by atoms with van der Waals surface area (Å²) in [7, 11) is 0. The fourth-order valence-electron chi connectivity index (χ4n) is 3.55. The van der Waals surface area contributed by atoms with Crippen molar-refractivity contribution in [3.63, 3.8) is 0 Å². The Kier molecular flexibility index (Phi) is 4.63. The molecule has 4 rings (SSSR count). The number of aromatic nitrogens is 4. The summed E-state index contributed by atoms with van der Waals surface area (Å²) < 4.78 is 0. The van der Waals surface area contributed by atoms with Crippen LogP contribution in [-0.4, -0.2) is 59.2 Å². The first-order valence-electron chi connectivity index (χ1n) is 9.17. The summed E-state index contributed by atoms with van der Waals surface area (Å²) in [5, 5.41) is 0. The average Bonchev–Trinajstić information content (AvgIpc) is 2.69. The monoisotopic (exact) mass is 339 g/mol. The maximum Gasteiger partial charge on any atom is 0.227 e. The van der Waals surface area contributed by atoms with Gasteiger partial charge in [-0.3, -0.25) is 0 Å². The molecule has 25 heavy (non-hydrogen) atoms. The second kappa shape index (κ2) is 7.21. The van der Waals surface area contributed by atoms with E-state index in [-0.39, 0.29) is 0 Å². The van der Waals surface area contributed by atoms with Crippen LogP contribution in [0.15, 0.2) is 24.5 Å². The molecule has 2 aromatic heterocycles. The maximum absolute atomic E-state index is 4.83. The molecule has 4 heterocycles. The van der Waals surface area contributed by atoms with Crippen LogP contribution < -0.4 is 14.7 Å². The normalized spacial score (nSPS) is 18.5. The molecule has 7 heteroatoms. The number of aryl methyl sites for hydroxylation is 1. The van der Waals surface area contributed by atoms with E-state index in [2.05, 4.69) is 29.7 Å². The van der Waals surface area contributed by atoms with Gasteiger partial charge in [-0.15, -0.1) is 0 Å². The molecule has 0 bridgehead atoms. The van der Waals surface area contributed by atoms with Crippen LogP contribution in [-0.2, 0) is 0 Å². The minimum absolute atomic E-state index is 0.821. The lowest BCUT2D eigenvalue weighted by Crippen LogP contribution is -2.47. The largest absolute Gasteiger partial charge is 0.353 e. The molecule has 2 fully saturated rings. The van der Waals surface area contributed by atoms with E-state index in [0.717, 1.165) is 62.7 Å². The van der Waals surface area contributed by atoms with Crippen molar-refractivity contribution in [2.75, 3.05) is 54.0 Å². The molecule has 0 aliphatic carbocycles. The zero-order chi connectivity index (χ0) is 17.1. The van der Waals surface area contributed by atoms with E-state index in [1.165, 1.54) is 19.3 Å². The summed E-state index contributed by atoms with van der Waals surface area (Å²) in [4.78, 5) is 25.0. The molecule has 7 nitrogen and oxygen atoms in total. The summed E-state index contributed by atoms with van der Waals surface area (Å²) in [6.07, 6.45) is 7.53. The van der Waals surface area contributed by atoms with Crippen LogP contribution in [0.25, 0.3) is 0 Å². The number of hydrogen-bond donors (Lipinski definition) is 0. The first-order chi connectivity index (χ1) is 12.3. The van der Waals surface area contributed by atoms with Crippen molar-refractivity contribution in [3.05, 3.63) is 30.4 Å². The zero-order valence-electron chi connectivity index (χ0n) is 14.8. The van der Waals surface area contributed by atoms with Crippen molar-refractivity contribution in [1.82, 2.24) is 19.9 Å². The Morgan fingerprint density at radius 1 is 0.680 bits per heavy atom. The van der Waals surface area contributed by atoms with Crippen LogP contribution in [0.1, 0.15) is 25.1 Å². The van der Waals surface area contributed by atoms with Crippen LogP contribution in [0.3, 0.4) is 0 Å². The Balaban J connectivity index is 1.42. The molecular formula is C18H25N7. The van der Waals surface area contributed by atoms with E-state index in [1.807, 2.05) is 31.5 Å². The van der Waals surface area contributed by atoms with E-state index >= 15 is 0 Å². The van der Waals surface area contributed by atoms with E-state index < -0.39 is 0 Å². The van der Waals surface area contributed by atoms with Crippen LogP contribution in [0.5, 0.6) is 0 Å². The lowest BCUT2D eigenvalue weighted by molar-refractivity contribution is 0.567. The summed E-state index contributed by atoms with van der Waals surface area (Å²) in [5.74, 6) is 3.76. The van der Waals surface area contributed by atoms with Gasteiger partial charge < -0.3 is 14.7 Å². The Bertz CT molecular complexity index is 706. The molecule has 0 unspecified atom stereocenters. The van der Waals surface area contributed by atoms with Crippen molar-refractivity contribution in [1.29, 1.82) is 0 Å². The number of rotatable bonds is 3. The van der Waals surface area contributed by atoms with Crippen molar-refractivity contribution >= 4 is 17.6 Å². The molecule has 2 aliphatic rings. The van der Waals surface area contributed by atoms with Gasteiger partial charge in [-0.25, -0.2) is 15.0 Å². The molecule has 0 spiro atoms. The van der Waals surface area contributed by atoms with Crippen LogP contribution in [0.2, 0.25) is 0 Å². The first kappa shape index (κ1) is 16.1. The third-order valence-electron chi connectivity index (χ3n) is 4.96. The fraction of sp³-hybridized carbons (Fsp3) is 0.556. The smallest absolute Gasteiger partial charge is 0.227 e. The minimum Gasteiger partial charge on any atom is -0.353 e. The Labute approximate surface area is 148 Å². The molecule has 0 saturated carbocycles. The van der Waals surface area contributed by atoms with E-state index in [4.69, 9.17) is 4.98 Å². The third-order valence-corrected chi connectivity index (χ3v) is 4.96. The Hall–Kier alpha value is -2.44. The SMILES string of the molecule is Cc1nccc(N2CCN(c3ccnc(N4CCCCC4)n3)CC2)n1. The minimum atomic E-state index is 0.821. The van der Waals surface area contributed by atoms with Gasteiger partial charge in [0.05, 0.1) is 0 Å². The molecule has 0 radical (unpaired) electrons. The van der Waals surface area contributed by atoms with Gasteiger partial charge in [-0.1, -0.05) is 0 Å². The van der Waals surface area contributed by atoms with Crippen molar-refractivity contribution < 1.29 is 0 Å². The predicted molar refractivity (Wildman–Crippen MR) is 99.3 cm³/mol. The van der Waals surface area contributed by atoms with Crippen molar-refractivity contribution in [2.45, 2.75) is 26.2 Å². The number of piperazine rings is 1. The molecule has 0 N–H and O–H groups in total. The lowest BCUT2D eigenvalue weighted by Gasteiger charge is -2.36. The summed E-state index contributed by atoms with van der Waals surface area (Å²) in [6.45, 7) is 7.86. The second-order valence-electron chi connectivity index (χ2n) is 6.70. The molecule has 0 aromatic carbocycles. The number of piperidine rings is 1. The van der Waals surface area contributed by atoms with Gasteiger partial charge in [-0.05, 0) is 38.3 Å². The highest BCUT2D eigenvalue weighted by molar-refractivity contribution is 5.47. The Morgan fingerprint density at radius 3 is 1.92 bits per heavy atom. The van der Waals surface area contributed by atoms with Gasteiger partial charge in [0.25, 0.3) is 0 Å². The van der Waals surface area contributed by atoms with Crippen molar-refractivity contribution in [2.24, 2.45) is 0 Å². The summed E-state index contributed by atoms with van der Waals surface area (Å²) in [5.41, 5.74) is 0. The predicted octanol–water partition coefficient (Wildman–Crippen LogP) is 1.89. The number of hydrogen-bond acceptors (Lipinski definition) is 7. The molecule has 0 atom stereocenters. The molecule has 2 aliphatic heterocycles. The average molecular weight is 339 g/mol. The molecular weight excluding hydrogens is 314 g/mol. The standard InChI is InChI=1S/C18H25N7/c1-15-19-7-5-16(21-15)23-11-13-24(14-12-23)17-6-8-20-18(22-17)25-9-3-2-4-10-25/h5-8H,2-4,9-14H2,1H3. The van der Waals surface area contributed by atoms with E-state index in [9.17, 15) is 0 Å². The second-order valence-corrected chi connectivity index (χ2v) is 6.70. The fourth-order valence-corrected chi connectivity index (χ4v) is 3.55. The van der Waals surface area contributed by atoms with Gasteiger partial charge in [0.2, 0.25) is 5.95 Å². The topological polar surface area (TPSA) is 61.3 Å². The van der Waals surface area contributed by atoms with Gasteiger partial charge >= 0.3 is 0 Å². The lowest BCUT2D eigenvalue weighted by atomic mass is 10.1. The highest BCUT2D eigenvalue weighted by Gasteiger charge is 2.21. The van der Waals surface area contributed by atoms with Gasteiger partial charge in [0, 0.05) is 51.7 Å². The van der Waals surface area contributed by atoms with E-state index in [1.54, 1.807) is 0 Å². The van der Waals surface area contributed by atoms with Gasteiger partial charge in [0.15, 0.2) is 0 Å². The van der Waals surface area contributed by atoms with Crippen LogP contribution in [0, 0.1) is 6.92 Å². The quantitative estimate of drug-likeness (QED) is 0.846. The highest BCUT2D eigenvalue weighted by atomic mass is 15.3. The van der Waals surface area contributed by atoms with Crippen LogP contribution >= 0.6 is 0 Å². The number of nitrogens with zero attached hydrogens (tertiary/aromatic N) is 7. The summed E-state index contributed by atoms with van der Waals surface area (Å²) >= 11 is 0. The van der Waals surface area contributed by atoms with Crippen molar-refractivity contribution in [3.8, 4) is 0 Å². The van der Waals surface area contributed by atoms with Gasteiger partial charge in [-0.2, -0.15) is 4.98 Å². The first-order valence-corrected chi connectivity index (χ1v) is 9.17. The molecule has 2 saturated heterocycles. The third kappa shape index (κ3) is 3.65. The maximum atomic E-state index is 4.83. The molecule has 0 amide bonds. The van der Waals surface area contributed by atoms with E-state index in [0.29, 0.717) is 0 Å². The number of anilines is 3. The molecule has 2 aromatic rings. The Morgan fingerprint density at radius 2 is 1.28 bits per heavy atom. The van der Waals surface area contributed by atoms with Crippen LogP contribution in [0.4, 0.5) is 17.6 Å². The highest BCUT2D eigenvalue weighted by Crippen LogP contribution is 2.21. The molecule has 132 valence electrons. The van der Waals surface area contributed by atoms with Gasteiger partial charge in [0.1, 0.15) is 17.5 Å².